The molecule has 43 heavy (non-hydrogen) atoms. The van der Waals surface area contributed by atoms with E-state index in [2.05, 4.69) is 6.58 Å². The van der Waals surface area contributed by atoms with Crippen molar-refractivity contribution < 1.29 is 53.1 Å². The first-order chi connectivity index (χ1) is 19.9. The van der Waals surface area contributed by atoms with Crippen LogP contribution in [-0.4, -0.2) is 81.9 Å². The molecular weight excluding hydrogens is 560 g/mol. The summed E-state index contributed by atoms with van der Waals surface area (Å²) in [5.41, 5.74) is -2.63. The van der Waals surface area contributed by atoms with Crippen LogP contribution in [0.3, 0.4) is 0 Å². The monoisotopic (exact) mass is 608 g/mol. The number of carbonyl (C=O) groups is 4. The standard InChI is InChI=1S/C32H48O11/c1-12-17(6)28(35)40-24-21(16(4)5)15-22(39-20(9)33)31(10,38)25(41-29(36)18(7)13-2)23(34)26-32(11,43-26)27(24)42-30(37)19(8)14-3/h13-14,17,21-27,34,38H,4,12,15H2,1-3,5-11H3/b18-13-,19-14-. The Bertz CT molecular complexity index is 1150. The number of hydrogen-bond donors (Lipinski definition) is 2. The third-order valence-corrected chi connectivity index (χ3v) is 8.65. The summed E-state index contributed by atoms with van der Waals surface area (Å²) in [6, 6.07) is 0. The van der Waals surface area contributed by atoms with Gasteiger partial charge in [0.1, 0.15) is 35.6 Å². The minimum absolute atomic E-state index is 0.193. The number of aliphatic hydroxyl groups excluding tert-OH is 1. The third-order valence-electron chi connectivity index (χ3n) is 8.65. The molecule has 2 N–H and O–H groups in total. The molecule has 1 aliphatic heterocycles. The molecule has 0 aromatic rings. The summed E-state index contributed by atoms with van der Waals surface area (Å²) in [5.74, 6) is -4.18. The summed E-state index contributed by atoms with van der Waals surface area (Å²) < 4.78 is 29.3. The van der Waals surface area contributed by atoms with Gasteiger partial charge in [-0.25, -0.2) is 9.59 Å². The SMILES string of the molecule is C=C(C)C1CC(OC(C)=O)C(C)(O)C(OC(=O)/C(C)=C\C)C(O)C2OC2(C)C(OC(=O)/C(C)=C\C)C1OC(=O)C(C)CC. The zero-order chi connectivity index (χ0) is 33.0. The number of epoxide rings is 1. The molecule has 0 amide bonds. The molecule has 2 rings (SSSR count). The zero-order valence-corrected chi connectivity index (χ0v) is 27.0. The fourth-order valence-electron chi connectivity index (χ4n) is 5.14. The van der Waals surface area contributed by atoms with E-state index in [0.29, 0.717) is 12.0 Å². The van der Waals surface area contributed by atoms with Crippen molar-refractivity contribution in [1.82, 2.24) is 0 Å². The third kappa shape index (κ3) is 7.93. The Kier molecular flexibility index (Phi) is 11.9. The molecule has 11 heteroatoms. The minimum atomic E-state index is -2.16. The van der Waals surface area contributed by atoms with Crippen molar-refractivity contribution in [3.63, 3.8) is 0 Å². The average molecular weight is 609 g/mol. The predicted octanol–water partition coefficient (Wildman–Crippen LogP) is 3.50. The van der Waals surface area contributed by atoms with Crippen LogP contribution in [0.2, 0.25) is 0 Å². The van der Waals surface area contributed by atoms with Crippen molar-refractivity contribution >= 4 is 23.9 Å². The van der Waals surface area contributed by atoms with Crippen molar-refractivity contribution in [2.45, 2.75) is 130 Å². The second kappa shape index (κ2) is 14.2. The lowest BCUT2D eigenvalue weighted by Gasteiger charge is -2.44. The Morgan fingerprint density at radius 1 is 0.953 bits per heavy atom. The second-order valence-corrected chi connectivity index (χ2v) is 12.0. The molecule has 0 aromatic heterocycles. The van der Waals surface area contributed by atoms with Gasteiger partial charge in [-0.05, 0) is 61.3 Å². The molecule has 11 nitrogen and oxygen atoms in total. The molecule has 2 aliphatic rings. The van der Waals surface area contributed by atoms with Gasteiger partial charge in [-0.3, -0.25) is 9.59 Å². The number of aliphatic hydroxyl groups is 2. The number of carbonyl (C=O) groups excluding carboxylic acids is 4. The molecule has 1 saturated carbocycles. The molecule has 10 atom stereocenters. The van der Waals surface area contributed by atoms with Crippen LogP contribution in [0, 0.1) is 11.8 Å². The molecule has 10 unspecified atom stereocenters. The number of ether oxygens (including phenoxy) is 5. The highest BCUT2D eigenvalue weighted by Crippen LogP contribution is 2.50. The highest BCUT2D eigenvalue weighted by atomic mass is 16.7. The van der Waals surface area contributed by atoms with Gasteiger partial charge in [0.25, 0.3) is 0 Å². The van der Waals surface area contributed by atoms with Crippen LogP contribution in [0.5, 0.6) is 0 Å². The van der Waals surface area contributed by atoms with Gasteiger partial charge in [0.2, 0.25) is 0 Å². The molecule has 242 valence electrons. The largest absolute Gasteiger partial charge is 0.459 e. The highest BCUT2D eigenvalue weighted by Gasteiger charge is 2.70. The maximum absolute atomic E-state index is 13.2. The molecule has 0 aromatic carbocycles. The maximum atomic E-state index is 13.2. The molecule has 1 aliphatic carbocycles. The quantitative estimate of drug-likeness (QED) is 0.130. The minimum Gasteiger partial charge on any atom is -0.459 e. The zero-order valence-electron chi connectivity index (χ0n) is 27.0. The number of hydrogen-bond acceptors (Lipinski definition) is 11. The molecular formula is C32H48O11. The molecule has 2 fully saturated rings. The van der Waals surface area contributed by atoms with E-state index in [4.69, 9.17) is 23.7 Å². The van der Waals surface area contributed by atoms with Gasteiger partial charge in [0.15, 0.2) is 12.2 Å². The molecule has 0 radical (unpaired) electrons. The number of esters is 4. The molecule has 0 spiro atoms. The second-order valence-electron chi connectivity index (χ2n) is 12.0. The van der Waals surface area contributed by atoms with Crippen LogP contribution in [0.25, 0.3) is 0 Å². The van der Waals surface area contributed by atoms with Gasteiger partial charge < -0.3 is 33.9 Å². The Morgan fingerprint density at radius 2 is 1.47 bits per heavy atom. The predicted molar refractivity (Wildman–Crippen MR) is 156 cm³/mol. The summed E-state index contributed by atoms with van der Waals surface area (Å²) in [4.78, 5) is 51.6. The Balaban J connectivity index is 2.84. The smallest absolute Gasteiger partial charge is 0.333 e. The van der Waals surface area contributed by atoms with E-state index in [1.54, 1.807) is 47.6 Å². The van der Waals surface area contributed by atoms with Crippen LogP contribution in [-0.2, 0) is 42.9 Å². The van der Waals surface area contributed by atoms with Gasteiger partial charge in [-0.1, -0.05) is 38.2 Å². The van der Waals surface area contributed by atoms with E-state index >= 15 is 0 Å². The normalized spacial score (nSPS) is 35.5. The number of fused-ring (bicyclic) bond motifs is 1. The first kappa shape index (κ1) is 36.2. The first-order valence-electron chi connectivity index (χ1n) is 14.7. The van der Waals surface area contributed by atoms with Gasteiger partial charge >= 0.3 is 23.9 Å². The Morgan fingerprint density at radius 3 is 1.91 bits per heavy atom. The van der Waals surface area contributed by atoms with Gasteiger partial charge in [0, 0.05) is 24.0 Å². The Hall–Kier alpha value is -3.02. The topological polar surface area (TPSA) is 158 Å². The summed E-state index contributed by atoms with van der Waals surface area (Å²) >= 11 is 0. The van der Waals surface area contributed by atoms with Crippen LogP contribution in [0.1, 0.15) is 82.1 Å². The van der Waals surface area contributed by atoms with E-state index in [9.17, 15) is 29.4 Å². The highest BCUT2D eigenvalue weighted by molar-refractivity contribution is 5.88. The van der Waals surface area contributed by atoms with Crippen molar-refractivity contribution in [2.75, 3.05) is 0 Å². The van der Waals surface area contributed by atoms with E-state index in [-0.39, 0.29) is 17.6 Å². The van der Waals surface area contributed by atoms with Crippen LogP contribution < -0.4 is 0 Å². The van der Waals surface area contributed by atoms with E-state index in [1.165, 1.54) is 19.9 Å². The van der Waals surface area contributed by atoms with Crippen LogP contribution in [0.4, 0.5) is 0 Å². The van der Waals surface area contributed by atoms with E-state index in [0.717, 1.165) is 6.92 Å². The fraction of sp³-hybridized carbons (Fsp3) is 0.688. The van der Waals surface area contributed by atoms with Gasteiger partial charge in [0.05, 0.1) is 5.92 Å². The lowest BCUT2D eigenvalue weighted by Crippen LogP contribution is -2.62. The van der Waals surface area contributed by atoms with Gasteiger partial charge in [-0.2, -0.15) is 0 Å². The molecule has 1 saturated heterocycles. The Labute approximate surface area is 254 Å². The maximum Gasteiger partial charge on any atom is 0.333 e. The molecule has 1 heterocycles. The van der Waals surface area contributed by atoms with Crippen molar-refractivity contribution in [1.29, 1.82) is 0 Å². The summed E-state index contributed by atoms with van der Waals surface area (Å²) in [6.45, 7) is 19.7. The lowest BCUT2D eigenvalue weighted by atomic mass is 9.74. The summed E-state index contributed by atoms with van der Waals surface area (Å²) in [7, 11) is 0. The van der Waals surface area contributed by atoms with E-state index in [1.807, 2.05) is 6.92 Å². The molecule has 0 bridgehead atoms. The fourth-order valence-corrected chi connectivity index (χ4v) is 5.14. The number of allylic oxidation sites excluding steroid dienone is 2. The average Bonchev–Trinajstić information content (AvgIpc) is 3.64. The van der Waals surface area contributed by atoms with E-state index < -0.39 is 83.5 Å². The van der Waals surface area contributed by atoms with Gasteiger partial charge in [-0.15, -0.1) is 0 Å². The first-order valence-corrected chi connectivity index (χ1v) is 14.7. The van der Waals surface area contributed by atoms with Crippen LogP contribution >= 0.6 is 0 Å². The lowest BCUT2D eigenvalue weighted by molar-refractivity contribution is -0.213. The van der Waals surface area contributed by atoms with Crippen LogP contribution in [0.15, 0.2) is 35.5 Å². The van der Waals surface area contributed by atoms with Crippen molar-refractivity contribution in [3.05, 3.63) is 35.5 Å². The summed E-state index contributed by atoms with van der Waals surface area (Å²) in [5, 5.41) is 23.6. The summed E-state index contributed by atoms with van der Waals surface area (Å²) in [6.07, 6.45) is -5.01. The van der Waals surface area contributed by atoms with Crippen molar-refractivity contribution in [2.24, 2.45) is 11.8 Å². The number of rotatable bonds is 9. The van der Waals surface area contributed by atoms with Crippen molar-refractivity contribution in [3.8, 4) is 0 Å².